The van der Waals surface area contributed by atoms with Crippen molar-refractivity contribution in [3.8, 4) is 0 Å². The van der Waals surface area contributed by atoms with E-state index >= 15 is 0 Å². The predicted molar refractivity (Wildman–Crippen MR) is 105 cm³/mol. The number of fused-ring (bicyclic) bond motifs is 1. The molecule has 1 saturated carbocycles. The van der Waals surface area contributed by atoms with Gasteiger partial charge in [0, 0.05) is 45.9 Å². The maximum atomic E-state index is 12.0. The van der Waals surface area contributed by atoms with Crippen molar-refractivity contribution in [1.82, 2.24) is 20.9 Å². The molecule has 9 heteroatoms. The third kappa shape index (κ3) is 5.21. The molecular formula is C19H37N5O4. The number of methoxy groups -OCH3 is 2. The molecule has 1 amide bonds. The van der Waals surface area contributed by atoms with Crippen LogP contribution in [0.25, 0.3) is 0 Å². The van der Waals surface area contributed by atoms with E-state index in [4.69, 9.17) is 19.9 Å². The minimum atomic E-state index is -0.259. The van der Waals surface area contributed by atoms with Gasteiger partial charge >= 0.3 is 0 Å². The lowest BCUT2D eigenvalue weighted by atomic mass is 9.78. The average Bonchev–Trinajstić information content (AvgIpc) is 3.24. The Hall–Kier alpha value is -0.810. The highest BCUT2D eigenvalue weighted by Gasteiger charge is 2.44. The molecule has 3 rings (SSSR count). The molecule has 2 aliphatic heterocycles. The van der Waals surface area contributed by atoms with Gasteiger partial charge in [0.25, 0.3) is 0 Å². The summed E-state index contributed by atoms with van der Waals surface area (Å²) in [5.41, 5.74) is 6.44. The fraction of sp³-hybridized carbons (Fsp3) is 0.947. The van der Waals surface area contributed by atoms with Gasteiger partial charge in [-0.3, -0.25) is 20.3 Å². The van der Waals surface area contributed by atoms with Crippen LogP contribution >= 0.6 is 0 Å². The molecular weight excluding hydrogens is 362 g/mol. The maximum Gasteiger partial charge on any atom is 0.249 e. The topological polar surface area (TPSA) is 110 Å². The summed E-state index contributed by atoms with van der Waals surface area (Å²) in [6.45, 7) is 2.18. The molecule has 0 spiro atoms. The number of hydrogen-bond acceptors (Lipinski definition) is 8. The second-order valence-electron chi connectivity index (χ2n) is 8.18. The highest BCUT2D eigenvalue weighted by atomic mass is 16.5. The molecule has 7 atom stereocenters. The molecule has 0 aromatic heterocycles. The summed E-state index contributed by atoms with van der Waals surface area (Å²) < 4.78 is 16.6. The van der Waals surface area contributed by atoms with Gasteiger partial charge in [-0.1, -0.05) is 0 Å². The van der Waals surface area contributed by atoms with Gasteiger partial charge in [0.2, 0.25) is 5.91 Å². The Morgan fingerprint density at radius 1 is 1.25 bits per heavy atom. The summed E-state index contributed by atoms with van der Waals surface area (Å²) in [5.74, 6) is 0.325. The summed E-state index contributed by atoms with van der Waals surface area (Å²) in [6, 6.07) is 0.291. The van der Waals surface area contributed by atoms with E-state index < -0.39 is 0 Å². The Morgan fingerprint density at radius 3 is 2.68 bits per heavy atom. The lowest BCUT2D eigenvalue weighted by Crippen LogP contribution is -2.72. The van der Waals surface area contributed by atoms with Crippen molar-refractivity contribution in [3.63, 3.8) is 0 Å². The van der Waals surface area contributed by atoms with Crippen LogP contribution in [0.3, 0.4) is 0 Å². The Kier molecular flexibility index (Phi) is 8.04. The highest BCUT2D eigenvalue weighted by Crippen LogP contribution is 2.32. The number of nitrogens with one attached hydrogen (secondary N) is 3. The largest absolute Gasteiger partial charge is 0.379 e. The number of nitrogens with zero attached hydrogens (tertiary/aromatic N) is 1. The van der Waals surface area contributed by atoms with E-state index in [2.05, 4.69) is 27.9 Å². The van der Waals surface area contributed by atoms with Crippen molar-refractivity contribution in [1.29, 1.82) is 0 Å². The van der Waals surface area contributed by atoms with Crippen LogP contribution < -0.4 is 21.7 Å². The van der Waals surface area contributed by atoms with Gasteiger partial charge in [-0.15, -0.1) is 0 Å². The summed E-state index contributed by atoms with van der Waals surface area (Å²) in [5, 5.41) is 10.1. The fourth-order valence-corrected chi connectivity index (χ4v) is 4.62. The van der Waals surface area contributed by atoms with Gasteiger partial charge in [0.05, 0.1) is 18.4 Å². The van der Waals surface area contributed by atoms with Crippen LogP contribution in [0.4, 0.5) is 0 Å². The van der Waals surface area contributed by atoms with Gasteiger partial charge in [0.15, 0.2) is 0 Å². The summed E-state index contributed by atoms with van der Waals surface area (Å²) >= 11 is 0. The summed E-state index contributed by atoms with van der Waals surface area (Å²) in [7, 11) is 5.54. The van der Waals surface area contributed by atoms with Crippen molar-refractivity contribution >= 4 is 5.91 Å². The first kappa shape index (κ1) is 21.9. The van der Waals surface area contributed by atoms with Crippen LogP contribution in [0.1, 0.15) is 32.1 Å². The molecule has 3 aliphatic rings. The molecule has 1 aliphatic carbocycles. The number of carbonyl (C=O) groups excluding carboxylic acids is 1. The summed E-state index contributed by atoms with van der Waals surface area (Å²) in [4.78, 5) is 14.2. The number of ether oxygens (including phenoxy) is 3. The second-order valence-corrected chi connectivity index (χ2v) is 8.18. The number of carbonyl (C=O) groups is 1. The van der Waals surface area contributed by atoms with E-state index in [0.717, 1.165) is 38.6 Å². The molecule has 2 saturated heterocycles. The minimum absolute atomic E-state index is 0.00159. The summed E-state index contributed by atoms with van der Waals surface area (Å²) in [6.07, 6.45) is 4.26. The molecule has 0 aromatic carbocycles. The maximum absolute atomic E-state index is 12.0. The predicted octanol–water partition coefficient (Wildman–Crippen LogP) is -0.827. The lowest BCUT2D eigenvalue weighted by molar-refractivity contribution is -0.130. The third-order valence-corrected chi connectivity index (χ3v) is 6.36. The zero-order valence-corrected chi connectivity index (χ0v) is 17.4. The van der Waals surface area contributed by atoms with Gasteiger partial charge in [-0.25, -0.2) is 0 Å². The van der Waals surface area contributed by atoms with Crippen LogP contribution in [0.5, 0.6) is 0 Å². The monoisotopic (exact) mass is 399 g/mol. The fourth-order valence-electron chi connectivity index (χ4n) is 4.62. The van der Waals surface area contributed by atoms with Gasteiger partial charge < -0.3 is 25.3 Å². The second kappa shape index (κ2) is 10.3. The molecule has 6 unspecified atom stereocenters. The van der Waals surface area contributed by atoms with Crippen molar-refractivity contribution in [2.75, 3.05) is 41.0 Å². The Bertz CT molecular complexity index is 505. The lowest BCUT2D eigenvalue weighted by Gasteiger charge is -2.50. The van der Waals surface area contributed by atoms with Gasteiger partial charge in [-0.2, -0.15) is 0 Å². The first-order valence-corrected chi connectivity index (χ1v) is 10.5. The number of hydrogen-bond donors (Lipinski definition) is 4. The van der Waals surface area contributed by atoms with E-state index in [-0.39, 0.29) is 36.7 Å². The molecule has 0 aromatic rings. The number of amides is 1. The molecule has 28 heavy (non-hydrogen) atoms. The highest BCUT2D eigenvalue weighted by molar-refractivity contribution is 5.80. The van der Waals surface area contributed by atoms with E-state index in [0.29, 0.717) is 25.1 Å². The number of nitrogens with two attached hydrogens (primary N) is 1. The van der Waals surface area contributed by atoms with Crippen molar-refractivity contribution in [2.24, 2.45) is 11.7 Å². The van der Waals surface area contributed by atoms with Gasteiger partial charge in [-0.05, 0) is 39.2 Å². The van der Waals surface area contributed by atoms with Crippen LogP contribution in [-0.4, -0.2) is 88.6 Å². The van der Waals surface area contributed by atoms with Crippen molar-refractivity contribution in [2.45, 2.75) is 68.9 Å². The molecule has 2 heterocycles. The standard InChI is InChI=1S/C19H37N5O4/c1-24(8-5-7-21-18(25)14-6-4-9-28-14)19-22-13-11-16(27-3)15(26-2)10-12(13)17(20)23-19/h12-17,19,22-23H,4-11,20H2,1-3H3,(H,21,25)/t12?,13?,14-,15?,16?,17?,19?/m0/s1. The van der Waals surface area contributed by atoms with Crippen LogP contribution in [0.15, 0.2) is 0 Å². The van der Waals surface area contributed by atoms with E-state index in [1.54, 1.807) is 14.2 Å². The Labute approximate surface area is 168 Å². The zero-order valence-electron chi connectivity index (χ0n) is 17.4. The van der Waals surface area contributed by atoms with Crippen LogP contribution in [0.2, 0.25) is 0 Å². The quantitative estimate of drug-likeness (QED) is 0.392. The minimum Gasteiger partial charge on any atom is -0.379 e. The molecule has 162 valence electrons. The zero-order chi connectivity index (χ0) is 20.1. The molecule has 3 fully saturated rings. The SMILES string of the molecule is COC1CC2NC(N(C)CCCNC(=O)[C@@H]3CCCO3)NC(N)C2CC1OC. The first-order valence-electron chi connectivity index (χ1n) is 10.5. The third-order valence-electron chi connectivity index (χ3n) is 6.36. The smallest absolute Gasteiger partial charge is 0.249 e. The van der Waals surface area contributed by atoms with Gasteiger partial charge in [0.1, 0.15) is 12.4 Å². The normalized spacial score (nSPS) is 38.4. The Balaban J connectivity index is 1.42. The van der Waals surface area contributed by atoms with E-state index in [1.807, 2.05) is 0 Å². The Morgan fingerprint density at radius 2 is 2.00 bits per heavy atom. The van der Waals surface area contributed by atoms with E-state index in [9.17, 15) is 4.79 Å². The van der Waals surface area contributed by atoms with Crippen molar-refractivity contribution in [3.05, 3.63) is 0 Å². The van der Waals surface area contributed by atoms with Crippen molar-refractivity contribution < 1.29 is 19.0 Å². The molecule has 0 bridgehead atoms. The van der Waals surface area contributed by atoms with Crippen LogP contribution in [0, 0.1) is 5.92 Å². The average molecular weight is 400 g/mol. The first-order chi connectivity index (χ1) is 13.5. The van der Waals surface area contributed by atoms with E-state index in [1.165, 1.54) is 0 Å². The molecule has 9 nitrogen and oxygen atoms in total. The molecule has 0 radical (unpaired) electrons. The van der Waals surface area contributed by atoms with Crippen LogP contribution in [-0.2, 0) is 19.0 Å². The number of rotatable bonds is 8. The molecule has 5 N–H and O–H groups in total.